The van der Waals surface area contributed by atoms with Gasteiger partial charge in [0.25, 0.3) is 0 Å². The van der Waals surface area contributed by atoms with Crippen LogP contribution in [0.15, 0.2) is 30.3 Å². The lowest BCUT2D eigenvalue weighted by atomic mass is 10.1. The fraction of sp³-hybridized carbons (Fsp3) is 0.471. The van der Waals surface area contributed by atoms with Gasteiger partial charge in [-0.15, -0.1) is 23.2 Å². The molecule has 0 heterocycles. The van der Waals surface area contributed by atoms with E-state index in [1.54, 1.807) is 20.8 Å². The Morgan fingerprint density at radius 2 is 1.64 bits per heavy atom. The Balaban J connectivity index is 0.000000823. The van der Waals surface area contributed by atoms with Gasteiger partial charge in [0, 0.05) is 6.42 Å². The van der Waals surface area contributed by atoms with Crippen LogP contribution in [0.25, 0.3) is 0 Å². The molecule has 1 aromatic carbocycles. The molecule has 1 atom stereocenters. The Bertz CT molecular complexity index is 552. The van der Waals surface area contributed by atoms with E-state index >= 15 is 0 Å². The minimum absolute atomic E-state index is 0.0312. The number of Topliss-reactive ketones (excluding diaryl/α,β-unsaturated/α-hetero) is 1. The molecule has 1 rings (SSSR count). The fourth-order valence-corrected chi connectivity index (χ4v) is 1.82. The van der Waals surface area contributed by atoms with Gasteiger partial charge < -0.3 is 15.2 Å². The number of rotatable bonds is 6. The molecule has 0 aliphatic heterocycles. The maximum Gasteiger partial charge on any atom is 0.408 e. The van der Waals surface area contributed by atoms with Crippen LogP contribution in [0.2, 0.25) is 0 Å². The molecule has 0 fully saturated rings. The molecule has 8 heteroatoms. The largest absolute Gasteiger partial charge is 0.480 e. The highest BCUT2D eigenvalue weighted by Crippen LogP contribution is 2.08. The lowest BCUT2D eigenvalue weighted by molar-refractivity contribution is -0.139. The first-order valence-corrected chi connectivity index (χ1v) is 8.55. The van der Waals surface area contributed by atoms with Gasteiger partial charge in [0.1, 0.15) is 11.6 Å². The van der Waals surface area contributed by atoms with Gasteiger partial charge >= 0.3 is 12.1 Å². The molecular weight excluding hydrogens is 369 g/mol. The number of amides is 1. The van der Waals surface area contributed by atoms with Crippen LogP contribution in [-0.4, -0.2) is 46.4 Å². The summed E-state index contributed by atoms with van der Waals surface area (Å²) in [7, 11) is 0. The molecule has 0 aliphatic rings. The molecule has 0 spiro atoms. The zero-order valence-corrected chi connectivity index (χ0v) is 15.9. The average molecular weight is 392 g/mol. The lowest BCUT2D eigenvalue weighted by Crippen LogP contribution is -2.44. The number of alkyl carbamates (subject to hydrolysis) is 1. The number of alkyl halides is 2. The average Bonchev–Trinajstić information content (AvgIpc) is 2.53. The number of aliphatic carboxylic acids is 1. The fourth-order valence-electron chi connectivity index (χ4n) is 1.54. The van der Waals surface area contributed by atoms with E-state index < -0.39 is 23.7 Å². The summed E-state index contributed by atoms with van der Waals surface area (Å²) < 4.78 is 5.04. The summed E-state index contributed by atoms with van der Waals surface area (Å²) in [5, 5.41) is 11.5. The quantitative estimate of drug-likeness (QED) is 0.725. The molecule has 6 nitrogen and oxygen atoms in total. The number of ether oxygens (including phenoxy) is 1. The summed E-state index contributed by atoms with van der Waals surface area (Å²) in [5.41, 5.74) is 0.186. The van der Waals surface area contributed by atoms with Gasteiger partial charge in [-0.1, -0.05) is 30.3 Å². The Morgan fingerprint density at radius 1 is 1.12 bits per heavy atom. The standard InChI is InChI=1S/C14H19NO4.C3H4Cl2O/c1-14(2,3)19-13(18)15-11(12(16)17)9-10-7-5-4-6-8-10;4-1-3(6)2-5/h4-8,11H,9H2,1-3H3,(H,15,18)(H,16,17);1-2H2/t11-;/m0./s1. The summed E-state index contributed by atoms with van der Waals surface area (Å²) in [6.45, 7) is 5.17. The van der Waals surface area contributed by atoms with E-state index in [-0.39, 0.29) is 24.0 Å². The zero-order chi connectivity index (χ0) is 19.5. The van der Waals surface area contributed by atoms with Crippen molar-refractivity contribution >= 4 is 41.0 Å². The SMILES string of the molecule is CC(C)(C)OC(=O)N[C@@H](Cc1ccccc1)C(=O)O.O=C(CCl)CCl. The van der Waals surface area contributed by atoms with Crippen LogP contribution in [0.3, 0.4) is 0 Å². The van der Waals surface area contributed by atoms with E-state index in [1.165, 1.54) is 0 Å². The first-order chi connectivity index (χ1) is 11.6. The van der Waals surface area contributed by atoms with Crippen LogP contribution in [-0.2, 0) is 20.7 Å². The minimum atomic E-state index is -1.09. The van der Waals surface area contributed by atoms with Crippen LogP contribution in [0.5, 0.6) is 0 Å². The molecule has 2 N–H and O–H groups in total. The van der Waals surface area contributed by atoms with E-state index in [0.717, 1.165) is 5.56 Å². The number of ketones is 1. The summed E-state index contributed by atoms with van der Waals surface area (Å²) in [6.07, 6.45) is -0.508. The smallest absolute Gasteiger partial charge is 0.408 e. The maximum absolute atomic E-state index is 11.6. The third kappa shape index (κ3) is 12.3. The van der Waals surface area contributed by atoms with Gasteiger partial charge in [0.05, 0.1) is 11.8 Å². The highest BCUT2D eigenvalue weighted by atomic mass is 35.5. The molecule has 0 aliphatic carbocycles. The Morgan fingerprint density at radius 3 is 2.00 bits per heavy atom. The van der Waals surface area contributed by atoms with Gasteiger partial charge in [-0.2, -0.15) is 0 Å². The Labute approximate surface area is 157 Å². The van der Waals surface area contributed by atoms with Crippen LogP contribution < -0.4 is 5.32 Å². The lowest BCUT2D eigenvalue weighted by Gasteiger charge is -2.22. The van der Waals surface area contributed by atoms with Crippen LogP contribution >= 0.6 is 23.2 Å². The van der Waals surface area contributed by atoms with Crippen molar-refractivity contribution in [1.29, 1.82) is 0 Å². The van der Waals surface area contributed by atoms with Crippen molar-refractivity contribution in [2.24, 2.45) is 0 Å². The number of carboxylic acid groups (broad SMARTS) is 1. The zero-order valence-electron chi connectivity index (χ0n) is 14.4. The van der Waals surface area contributed by atoms with Gasteiger partial charge in [-0.05, 0) is 26.3 Å². The van der Waals surface area contributed by atoms with Crippen molar-refractivity contribution in [3.63, 3.8) is 0 Å². The number of carbonyl (C=O) groups is 3. The molecular formula is C17H23Cl2NO5. The van der Waals surface area contributed by atoms with Gasteiger partial charge in [0.15, 0.2) is 5.78 Å². The third-order valence-corrected chi connectivity index (χ3v) is 3.17. The Kier molecular flexibility index (Phi) is 10.9. The topological polar surface area (TPSA) is 92.7 Å². The van der Waals surface area contributed by atoms with Crippen molar-refractivity contribution < 1.29 is 24.2 Å². The molecule has 1 amide bonds. The van der Waals surface area contributed by atoms with Crippen molar-refractivity contribution in [2.75, 3.05) is 11.8 Å². The predicted molar refractivity (Wildman–Crippen MR) is 97.4 cm³/mol. The highest BCUT2D eigenvalue weighted by Gasteiger charge is 2.24. The Hall–Kier alpha value is -1.79. The second-order valence-corrected chi connectivity index (χ2v) is 6.57. The molecule has 1 aromatic rings. The van der Waals surface area contributed by atoms with E-state index in [1.807, 2.05) is 30.3 Å². The summed E-state index contributed by atoms with van der Waals surface area (Å²) in [4.78, 5) is 32.6. The van der Waals surface area contributed by atoms with E-state index in [4.69, 9.17) is 33.0 Å². The second-order valence-electron chi connectivity index (χ2n) is 6.03. The molecule has 25 heavy (non-hydrogen) atoms. The number of carboxylic acids is 1. The number of halogens is 2. The van der Waals surface area contributed by atoms with E-state index in [2.05, 4.69) is 5.32 Å². The van der Waals surface area contributed by atoms with Crippen molar-refractivity contribution in [3.8, 4) is 0 Å². The molecule has 0 bridgehead atoms. The van der Waals surface area contributed by atoms with Gasteiger partial charge in [-0.3, -0.25) is 4.79 Å². The molecule has 0 radical (unpaired) electrons. The monoisotopic (exact) mass is 391 g/mol. The highest BCUT2D eigenvalue weighted by molar-refractivity contribution is 6.35. The van der Waals surface area contributed by atoms with E-state index in [0.29, 0.717) is 0 Å². The number of carbonyl (C=O) groups excluding carboxylic acids is 2. The molecule has 0 aromatic heterocycles. The van der Waals surface area contributed by atoms with Gasteiger partial charge in [0.2, 0.25) is 0 Å². The number of benzene rings is 1. The predicted octanol–water partition coefficient (Wildman–Crippen LogP) is 3.24. The van der Waals surface area contributed by atoms with Gasteiger partial charge in [-0.25, -0.2) is 9.59 Å². The van der Waals surface area contributed by atoms with Crippen LogP contribution in [0.4, 0.5) is 4.79 Å². The van der Waals surface area contributed by atoms with Crippen LogP contribution in [0, 0.1) is 0 Å². The molecule has 0 unspecified atom stereocenters. The second kappa shape index (κ2) is 11.7. The van der Waals surface area contributed by atoms with Crippen molar-refractivity contribution in [1.82, 2.24) is 5.32 Å². The van der Waals surface area contributed by atoms with Crippen LogP contribution in [0.1, 0.15) is 26.3 Å². The molecule has 140 valence electrons. The normalized spacial score (nSPS) is 11.6. The van der Waals surface area contributed by atoms with E-state index in [9.17, 15) is 14.4 Å². The minimum Gasteiger partial charge on any atom is -0.480 e. The van der Waals surface area contributed by atoms with Crippen molar-refractivity contribution in [2.45, 2.75) is 38.8 Å². The summed E-state index contributed by atoms with van der Waals surface area (Å²) in [5.74, 6) is -1.15. The molecule has 0 saturated carbocycles. The summed E-state index contributed by atoms with van der Waals surface area (Å²) >= 11 is 10.0. The first kappa shape index (κ1) is 23.2. The van der Waals surface area contributed by atoms with Crippen molar-refractivity contribution in [3.05, 3.63) is 35.9 Å². The maximum atomic E-state index is 11.6. The molecule has 0 saturated heterocycles. The number of nitrogens with one attached hydrogen (secondary N) is 1. The first-order valence-electron chi connectivity index (χ1n) is 7.49. The third-order valence-electron chi connectivity index (χ3n) is 2.57. The summed E-state index contributed by atoms with van der Waals surface area (Å²) in [6, 6.07) is 8.11. The number of hydrogen-bond acceptors (Lipinski definition) is 4. The number of hydrogen-bond donors (Lipinski definition) is 2.